The van der Waals surface area contributed by atoms with Crippen LogP contribution in [0.15, 0.2) is 89.5 Å². The van der Waals surface area contributed by atoms with Gasteiger partial charge in [-0.1, -0.05) is 79.8 Å². The highest BCUT2D eigenvalue weighted by Crippen LogP contribution is 2.34. The van der Waals surface area contributed by atoms with Crippen LogP contribution in [0.5, 0.6) is 0 Å². The summed E-state index contributed by atoms with van der Waals surface area (Å²) in [6.45, 7) is 4.32. The molecule has 5 nitrogen and oxygen atoms in total. The summed E-state index contributed by atoms with van der Waals surface area (Å²) in [4.78, 5) is 24.4. The van der Waals surface area contributed by atoms with Crippen LogP contribution in [0, 0.1) is 0 Å². The predicted molar refractivity (Wildman–Crippen MR) is 138 cm³/mol. The molecule has 0 N–H and O–H groups in total. The van der Waals surface area contributed by atoms with E-state index >= 15 is 0 Å². The molecule has 0 saturated carbocycles. The molecule has 0 saturated heterocycles. The van der Waals surface area contributed by atoms with E-state index in [-0.39, 0.29) is 12.3 Å². The summed E-state index contributed by atoms with van der Waals surface area (Å²) in [7, 11) is 0. The average Bonchev–Trinajstić information content (AvgIpc) is 3.51. The van der Waals surface area contributed by atoms with Crippen molar-refractivity contribution >= 4 is 38.3 Å². The predicted octanol–water partition coefficient (Wildman–Crippen LogP) is 7.37. The van der Waals surface area contributed by atoms with Crippen LogP contribution >= 0.6 is 11.3 Å². The van der Waals surface area contributed by atoms with Gasteiger partial charge in [0.15, 0.2) is 16.8 Å². The molecule has 6 heteroatoms. The Bertz CT molecular complexity index is 1370. The van der Waals surface area contributed by atoms with Gasteiger partial charge in [-0.05, 0) is 35.7 Å². The number of thiazole rings is 1. The molecule has 0 fully saturated rings. The van der Waals surface area contributed by atoms with Crippen molar-refractivity contribution in [1.82, 2.24) is 9.97 Å². The Morgan fingerprint density at radius 1 is 0.971 bits per heavy atom. The zero-order valence-electron chi connectivity index (χ0n) is 19.1. The first-order valence-electron chi connectivity index (χ1n) is 11.4. The van der Waals surface area contributed by atoms with Crippen molar-refractivity contribution in [3.05, 3.63) is 96.5 Å². The summed E-state index contributed by atoms with van der Waals surface area (Å²) in [5.74, 6) is 1.63. The van der Waals surface area contributed by atoms with Crippen LogP contribution < -0.4 is 4.90 Å². The SMILES string of the molecule is CC(C)c1ccc(N(C(=O)CCc2ncc(-c3ccccc3)o2)c2nc3ccccc3s2)cc1. The van der Waals surface area contributed by atoms with Crippen molar-refractivity contribution < 1.29 is 9.21 Å². The number of carbonyl (C=O) groups is 1. The highest BCUT2D eigenvalue weighted by molar-refractivity contribution is 7.22. The highest BCUT2D eigenvalue weighted by atomic mass is 32.1. The molecule has 34 heavy (non-hydrogen) atoms. The lowest BCUT2D eigenvalue weighted by molar-refractivity contribution is -0.117. The van der Waals surface area contributed by atoms with E-state index in [2.05, 4.69) is 31.0 Å². The molecule has 0 atom stereocenters. The van der Waals surface area contributed by atoms with Crippen LogP contribution in [0.1, 0.15) is 37.6 Å². The van der Waals surface area contributed by atoms with E-state index in [1.54, 1.807) is 11.1 Å². The number of carbonyl (C=O) groups excluding carboxylic acids is 1. The van der Waals surface area contributed by atoms with Crippen molar-refractivity contribution in [2.24, 2.45) is 0 Å². The molecule has 5 rings (SSSR count). The monoisotopic (exact) mass is 467 g/mol. The largest absolute Gasteiger partial charge is 0.441 e. The maximum Gasteiger partial charge on any atom is 0.233 e. The summed E-state index contributed by atoms with van der Waals surface area (Å²) >= 11 is 1.52. The van der Waals surface area contributed by atoms with Gasteiger partial charge in [-0.25, -0.2) is 9.97 Å². The van der Waals surface area contributed by atoms with Gasteiger partial charge in [0.2, 0.25) is 5.91 Å². The minimum absolute atomic E-state index is 0.0455. The van der Waals surface area contributed by atoms with E-state index in [9.17, 15) is 4.79 Å². The Hall–Kier alpha value is -3.77. The van der Waals surface area contributed by atoms with E-state index in [0.717, 1.165) is 21.5 Å². The first-order valence-corrected chi connectivity index (χ1v) is 12.2. The number of aryl methyl sites for hydroxylation is 1. The van der Waals surface area contributed by atoms with Crippen LogP contribution in [-0.2, 0) is 11.2 Å². The number of rotatable bonds is 7. The highest BCUT2D eigenvalue weighted by Gasteiger charge is 2.22. The van der Waals surface area contributed by atoms with Gasteiger partial charge in [0, 0.05) is 18.4 Å². The molecule has 2 heterocycles. The molecule has 5 aromatic rings. The maximum atomic E-state index is 13.5. The molecular formula is C28H25N3O2S. The quantitative estimate of drug-likeness (QED) is 0.251. The van der Waals surface area contributed by atoms with E-state index in [4.69, 9.17) is 9.40 Å². The van der Waals surface area contributed by atoms with Crippen molar-refractivity contribution in [3.8, 4) is 11.3 Å². The van der Waals surface area contributed by atoms with Crippen LogP contribution in [0.2, 0.25) is 0 Å². The lowest BCUT2D eigenvalue weighted by atomic mass is 10.0. The molecule has 170 valence electrons. The molecule has 0 aliphatic carbocycles. The Balaban J connectivity index is 1.40. The molecule has 2 aromatic heterocycles. The molecule has 0 unspecified atom stereocenters. The fourth-order valence-electron chi connectivity index (χ4n) is 3.81. The number of para-hydroxylation sites is 1. The zero-order chi connectivity index (χ0) is 23.5. The number of benzene rings is 3. The summed E-state index contributed by atoms with van der Waals surface area (Å²) in [6, 6.07) is 25.9. The zero-order valence-corrected chi connectivity index (χ0v) is 20.0. The second-order valence-electron chi connectivity index (χ2n) is 8.42. The molecule has 0 aliphatic rings. The summed E-state index contributed by atoms with van der Waals surface area (Å²) in [6.07, 6.45) is 2.39. The lowest BCUT2D eigenvalue weighted by Crippen LogP contribution is -2.26. The van der Waals surface area contributed by atoms with E-state index in [1.165, 1.54) is 16.9 Å². The molecule has 1 amide bonds. The average molecular weight is 468 g/mol. The molecular weight excluding hydrogens is 442 g/mol. The summed E-state index contributed by atoms with van der Waals surface area (Å²) < 4.78 is 6.96. The molecule has 0 aliphatic heterocycles. The van der Waals surface area contributed by atoms with Gasteiger partial charge in [-0.3, -0.25) is 9.69 Å². The number of anilines is 2. The Kier molecular flexibility index (Phi) is 6.23. The van der Waals surface area contributed by atoms with Gasteiger partial charge in [-0.15, -0.1) is 0 Å². The summed E-state index contributed by atoms with van der Waals surface area (Å²) in [5.41, 5.74) is 3.90. The summed E-state index contributed by atoms with van der Waals surface area (Å²) in [5, 5.41) is 0.667. The topological polar surface area (TPSA) is 59.2 Å². The normalized spacial score (nSPS) is 11.3. The standard InChI is InChI=1S/C28H25N3O2S/c1-19(2)20-12-14-22(15-13-20)31(28-30-23-10-6-7-11-25(23)34-28)27(32)17-16-26-29-18-24(33-26)21-8-4-3-5-9-21/h3-15,18-19H,16-17H2,1-2H3. The fourth-order valence-corrected chi connectivity index (χ4v) is 4.82. The number of aromatic nitrogens is 2. The van der Waals surface area contributed by atoms with Crippen LogP contribution in [-0.4, -0.2) is 15.9 Å². The first kappa shape index (κ1) is 22.0. The first-order chi connectivity index (χ1) is 16.6. The van der Waals surface area contributed by atoms with Gasteiger partial charge in [0.1, 0.15) is 0 Å². The number of amides is 1. The van der Waals surface area contributed by atoms with Crippen LogP contribution in [0.4, 0.5) is 10.8 Å². The van der Waals surface area contributed by atoms with Crippen molar-refractivity contribution in [1.29, 1.82) is 0 Å². The van der Waals surface area contributed by atoms with Crippen molar-refractivity contribution in [3.63, 3.8) is 0 Å². The second-order valence-corrected chi connectivity index (χ2v) is 9.43. The van der Waals surface area contributed by atoms with Gasteiger partial charge >= 0.3 is 0 Å². The third kappa shape index (κ3) is 4.63. The second kappa shape index (κ2) is 9.61. The van der Waals surface area contributed by atoms with Crippen molar-refractivity contribution in [2.45, 2.75) is 32.6 Å². The van der Waals surface area contributed by atoms with Gasteiger partial charge in [0.25, 0.3) is 0 Å². The van der Waals surface area contributed by atoms with Crippen LogP contribution in [0.3, 0.4) is 0 Å². The minimum atomic E-state index is -0.0455. The van der Waals surface area contributed by atoms with E-state index in [1.807, 2.05) is 66.7 Å². The maximum absolute atomic E-state index is 13.5. The minimum Gasteiger partial charge on any atom is -0.441 e. The smallest absolute Gasteiger partial charge is 0.233 e. The fraction of sp³-hybridized carbons (Fsp3) is 0.179. The number of hydrogen-bond donors (Lipinski definition) is 0. The molecule has 0 spiro atoms. The van der Waals surface area contributed by atoms with E-state index in [0.29, 0.717) is 29.1 Å². The Morgan fingerprint density at radius 3 is 2.44 bits per heavy atom. The van der Waals surface area contributed by atoms with Gasteiger partial charge < -0.3 is 4.42 Å². The number of hydrogen-bond acceptors (Lipinski definition) is 5. The molecule has 0 radical (unpaired) electrons. The molecule has 0 bridgehead atoms. The van der Waals surface area contributed by atoms with Crippen molar-refractivity contribution in [2.75, 3.05) is 4.90 Å². The van der Waals surface area contributed by atoms with E-state index < -0.39 is 0 Å². The number of fused-ring (bicyclic) bond motifs is 1. The third-order valence-electron chi connectivity index (χ3n) is 5.71. The van der Waals surface area contributed by atoms with Gasteiger partial charge in [-0.2, -0.15) is 0 Å². The number of nitrogens with zero attached hydrogens (tertiary/aromatic N) is 3. The molecule has 3 aromatic carbocycles. The van der Waals surface area contributed by atoms with Crippen LogP contribution in [0.25, 0.3) is 21.5 Å². The lowest BCUT2D eigenvalue weighted by Gasteiger charge is -2.20. The van der Waals surface area contributed by atoms with Gasteiger partial charge in [0.05, 0.1) is 22.1 Å². The Labute approximate surface area is 202 Å². The third-order valence-corrected chi connectivity index (χ3v) is 6.73. The Morgan fingerprint density at radius 2 is 1.71 bits per heavy atom. The number of oxazole rings is 1.